The number of rotatable bonds is 3. The minimum Gasteiger partial charge on any atom is -0.382 e. The largest absolute Gasteiger partial charge is 0.382 e. The van der Waals surface area contributed by atoms with Crippen LogP contribution in [0.2, 0.25) is 0 Å². The predicted molar refractivity (Wildman–Crippen MR) is 71.0 cm³/mol. The molecule has 0 spiro atoms. The van der Waals surface area contributed by atoms with Gasteiger partial charge < -0.3 is 14.4 Å². The monoisotopic (exact) mass is 264 g/mol. The first kappa shape index (κ1) is 14.0. The second-order valence-corrected chi connectivity index (χ2v) is 5.38. The third-order valence-corrected chi connectivity index (χ3v) is 3.05. The van der Waals surface area contributed by atoms with Crippen LogP contribution in [0.25, 0.3) is 0 Å². The van der Waals surface area contributed by atoms with Crippen LogP contribution in [0, 0.1) is 0 Å². The van der Waals surface area contributed by atoms with Crippen LogP contribution in [0.15, 0.2) is 24.5 Å². The zero-order chi connectivity index (χ0) is 13.9. The van der Waals surface area contributed by atoms with Crippen LogP contribution in [0.4, 0.5) is 0 Å². The van der Waals surface area contributed by atoms with Gasteiger partial charge in [-0.2, -0.15) is 0 Å². The van der Waals surface area contributed by atoms with Crippen LogP contribution in [0.1, 0.15) is 24.2 Å². The fourth-order valence-electron chi connectivity index (χ4n) is 2.40. The van der Waals surface area contributed by atoms with Crippen molar-refractivity contribution in [2.24, 2.45) is 0 Å². The van der Waals surface area contributed by atoms with E-state index in [0.29, 0.717) is 25.3 Å². The Kier molecular flexibility index (Phi) is 4.17. The first-order chi connectivity index (χ1) is 9.02. The van der Waals surface area contributed by atoms with E-state index in [0.717, 1.165) is 0 Å². The van der Waals surface area contributed by atoms with Crippen LogP contribution >= 0.6 is 0 Å². The van der Waals surface area contributed by atoms with Crippen molar-refractivity contribution in [3.63, 3.8) is 0 Å². The Balaban J connectivity index is 2.12. The van der Waals surface area contributed by atoms with Gasteiger partial charge in [-0.3, -0.25) is 9.78 Å². The molecular weight excluding hydrogens is 244 g/mol. The van der Waals surface area contributed by atoms with Gasteiger partial charge >= 0.3 is 0 Å². The van der Waals surface area contributed by atoms with Crippen LogP contribution in [0.5, 0.6) is 0 Å². The number of hydrogen-bond donors (Lipinski definition) is 0. The summed E-state index contributed by atoms with van der Waals surface area (Å²) < 4.78 is 11.0. The summed E-state index contributed by atoms with van der Waals surface area (Å²) >= 11 is 0. The summed E-state index contributed by atoms with van der Waals surface area (Å²) in [6.45, 7) is 5.60. The molecule has 0 aliphatic carbocycles. The van der Waals surface area contributed by atoms with Gasteiger partial charge in [0.1, 0.15) is 0 Å². The van der Waals surface area contributed by atoms with E-state index in [9.17, 15) is 4.79 Å². The van der Waals surface area contributed by atoms with Gasteiger partial charge in [0.05, 0.1) is 18.3 Å². The van der Waals surface area contributed by atoms with Crippen LogP contribution in [0.3, 0.4) is 0 Å². The Labute approximate surface area is 113 Å². The van der Waals surface area contributed by atoms with Crippen molar-refractivity contribution in [1.82, 2.24) is 9.88 Å². The predicted octanol–water partition coefficient (Wildman–Crippen LogP) is 1.35. The molecule has 0 unspecified atom stereocenters. The highest BCUT2D eigenvalue weighted by Crippen LogP contribution is 2.22. The summed E-state index contributed by atoms with van der Waals surface area (Å²) in [5, 5.41) is 0. The second-order valence-electron chi connectivity index (χ2n) is 5.38. The highest BCUT2D eigenvalue weighted by atomic mass is 16.5. The molecule has 1 amide bonds. The standard InChI is InChI=1S/C14H20N2O3/c1-14(2)10-16(8-12(19-14)9-18-3)13(17)11-4-6-15-7-5-11/h4-7,12H,8-10H2,1-3H3/t12-/m0/s1. The Hall–Kier alpha value is -1.46. The first-order valence-electron chi connectivity index (χ1n) is 6.38. The fourth-order valence-corrected chi connectivity index (χ4v) is 2.40. The first-order valence-corrected chi connectivity index (χ1v) is 6.38. The van der Waals surface area contributed by atoms with Crippen molar-refractivity contribution in [3.8, 4) is 0 Å². The third kappa shape index (κ3) is 3.52. The molecule has 5 nitrogen and oxygen atoms in total. The summed E-state index contributed by atoms with van der Waals surface area (Å²) in [5.41, 5.74) is 0.299. The van der Waals surface area contributed by atoms with E-state index in [1.54, 1.807) is 31.6 Å². The SMILES string of the molecule is COC[C@@H]1CN(C(=O)c2ccncc2)CC(C)(C)O1. The number of ether oxygens (including phenoxy) is 2. The van der Waals surface area contributed by atoms with Crippen LogP contribution < -0.4 is 0 Å². The average Bonchev–Trinajstić information content (AvgIpc) is 2.37. The number of carbonyl (C=O) groups excluding carboxylic acids is 1. The molecule has 1 aromatic rings. The van der Waals surface area contributed by atoms with E-state index < -0.39 is 0 Å². The van der Waals surface area contributed by atoms with Crippen molar-refractivity contribution in [2.75, 3.05) is 26.8 Å². The molecule has 0 saturated carbocycles. The van der Waals surface area contributed by atoms with Crippen molar-refractivity contribution >= 4 is 5.91 Å². The maximum Gasteiger partial charge on any atom is 0.254 e. The Morgan fingerprint density at radius 3 is 2.84 bits per heavy atom. The van der Waals surface area contributed by atoms with E-state index in [2.05, 4.69) is 4.98 Å². The number of carbonyl (C=O) groups is 1. The number of nitrogens with zero attached hydrogens (tertiary/aromatic N) is 2. The topological polar surface area (TPSA) is 51.7 Å². The van der Waals surface area contributed by atoms with Crippen molar-refractivity contribution in [2.45, 2.75) is 25.6 Å². The normalized spacial score (nSPS) is 22.3. The van der Waals surface area contributed by atoms with Crippen molar-refractivity contribution in [1.29, 1.82) is 0 Å². The zero-order valence-corrected chi connectivity index (χ0v) is 11.6. The van der Waals surface area contributed by atoms with Gasteiger partial charge in [-0.1, -0.05) is 0 Å². The number of morpholine rings is 1. The molecule has 1 fully saturated rings. The molecule has 1 aliphatic heterocycles. The van der Waals surface area contributed by atoms with Gasteiger partial charge in [0, 0.05) is 38.2 Å². The molecule has 19 heavy (non-hydrogen) atoms. The summed E-state index contributed by atoms with van der Waals surface area (Å²) in [5.74, 6) is 0.0138. The molecular formula is C14H20N2O3. The van der Waals surface area contributed by atoms with Crippen molar-refractivity contribution in [3.05, 3.63) is 30.1 Å². The Morgan fingerprint density at radius 2 is 2.21 bits per heavy atom. The molecule has 0 radical (unpaired) electrons. The number of amides is 1. The molecule has 0 bridgehead atoms. The number of pyridine rings is 1. The molecule has 5 heteroatoms. The molecule has 0 N–H and O–H groups in total. The smallest absolute Gasteiger partial charge is 0.254 e. The van der Waals surface area contributed by atoms with E-state index in [1.165, 1.54) is 0 Å². The molecule has 104 valence electrons. The summed E-state index contributed by atoms with van der Waals surface area (Å²) in [7, 11) is 1.64. The third-order valence-electron chi connectivity index (χ3n) is 3.05. The average molecular weight is 264 g/mol. The fraction of sp³-hybridized carbons (Fsp3) is 0.571. The number of aromatic nitrogens is 1. The minimum absolute atomic E-state index is 0.0138. The second kappa shape index (κ2) is 5.67. The van der Waals surface area contributed by atoms with Gasteiger partial charge in [0.2, 0.25) is 0 Å². The van der Waals surface area contributed by atoms with E-state index >= 15 is 0 Å². The lowest BCUT2D eigenvalue weighted by molar-refractivity contribution is -0.143. The molecule has 1 saturated heterocycles. The maximum atomic E-state index is 12.4. The molecule has 2 rings (SSSR count). The molecule has 1 aliphatic rings. The number of hydrogen-bond acceptors (Lipinski definition) is 4. The highest BCUT2D eigenvalue weighted by Gasteiger charge is 2.35. The van der Waals surface area contributed by atoms with Gasteiger partial charge in [0.25, 0.3) is 5.91 Å². The zero-order valence-electron chi connectivity index (χ0n) is 11.6. The lowest BCUT2D eigenvalue weighted by atomic mass is 10.0. The van der Waals surface area contributed by atoms with Gasteiger partial charge in [-0.15, -0.1) is 0 Å². The summed E-state index contributed by atoms with van der Waals surface area (Å²) in [4.78, 5) is 18.2. The summed E-state index contributed by atoms with van der Waals surface area (Å²) in [6, 6.07) is 3.46. The lowest BCUT2D eigenvalue weighted by Gasteiger charge is -2.42. The van der Waals surface area contributed by atoms with Gasteiger partial charge in [0.15, 0.2) is 0 Å². The lowest BCUT2D eigenvalue weighted by Crippen LogP contribution is -2.55. The van der Waals surface area contributed by atoms with Gasteiger partial charge in [-0.25, -0.2) is 0 Å². The molecule has 2 heterocycles. The molecule has 1 atom stereocenters. The van der Waals surface area contributed by atoms with Crippen molar-refractivity contribution < 1.29 is 14.3 Å². The van der Waals surface area contributed by atoms with Crippen LogP contribution in [-0.2, 0) is 9.47 Å². The molecule has 0 aromatic carbocycles. The Bertz CT molecular complexity index is 434. The van der Waals surface area contributed by atoms with Gasteiger partial charge in [-0.05, 0) is 26.0 Å². The van der Waals surface area contributed by atoms with E-state index in [1.807, 2.05) is 18.7 Å². The van der Waals surface area contributed by atoms with E-state index in [-0.39, 0.29) is 17.6 Å². The Morgan fingerprint density at radius 1 is 1.53 bits per heavy atom. The number of methoxy groups -OCH3 is 1. The highest BCUT2D eigenvalue weighted by molar-refractivity contribution is 5.94. The molecule has 1 aromatic heterocycles. The quantitative estimate of drug-likeness (QED) is 0.827. The van der Waals surface area contributed by atoms with E-state index in [4.69, 9.17) is 9.47 Å². The van der Waals surface area contributed by atoms with Crippen LogP contribution in [-0.4, -0.2) is 54.3 Å². The maximum absolute atomic E-state index is 12.4. The summed E-state index contributed by atoms with van der Waals surface area (Å²) in [6.07, 6.45) is 3.18. The minimum atomic E-state index is -0.357.